The van der Waals surface area contributed by atoms with E-state index in [-0.39, 0.29) is 18.6 Å². The van der Waals surface area contributed by atoms with Gasteiger partial charge < -0.3 is 15.2 Å². The van der Waals surface area contributed by atoms with Crippen LogP contribution in [0.3, 0.4) is 0 Å². The molecule has 0 saturated carbocycles. The zero-order valence-electron chi connectivity index (χ0n) is 11.1. The number of aliphatic hydroxyl groups excluding tert-OH is 1. The van der Waals surface area contributed by atoms with Gasteiger partial charge in [-0.2, -0.15) is 0 Å². The standard InChI is InChI=1S/C15H21NO2/c1-4-9-18-14-8-6-5-7-13(14)10-16-11-15(2,3)12-17/h1,5-8,16-17H,9-12H2,2-3H3. The van der Waals surface area contributed by atoms with Crippen molar-refractivity contribution in [2.45, 2.75) is 20.4 Å². The van der Waals surface area contributed by atoms with Gasteiger partial charge >= 0.3 is 0 Å². The second-order valence-electron chi connectivity index (χ2n) is 5.03. The first kappa shape index (κ1) is 14.6. The topological polar surface area (TPSA) is 41.5 Å². The maximum absolute atomic E-state index is 9.18. The Morgan fingerprint density at radius 3 is 2.78 bits per heavy atom. The zero-order chi connectivity index (χ0) is 13.4. The lowest BCUT2D eigenvalue weighted by atomic mass is 9.95. The Bertz CT molecular complexity index is 407. The van der Waals surface area contributed by atoms with Crippen molar-refractivity contribution in [2.24, 2.45) is 5.41 Å². The van der Waals surface area contributed by atoms with Gasteiger partial charge in [0.1, 0.15) is 12.4 Å². The summed E-state index contributed by atoms with van der Waals surface area (Å²) in [5.41, 5.74) is 0.954. The van der Waals surface area contributed by atoms with E-state index in [0.29, 0.717) is 6.54 Å². The van der Waals surface area contributed by atoms with Crippen LogP contribution in [-0.2, 0) is 6.54 Å². The van der Waals surface area contributed by atoms with Crippen molar-refractivity contribution in [1.82, 2.24) is 5.32 Å². The highest BCUT2D eigenvalue weighted by Gasteiger charge is 2.15. The molecule has 0 aliphatic heterocycles. The van der Waals surface area contributed by atoms with Crippen LogP contribution in [0.1, 0.15) is 19.4 Å². The van der Waals surface area contributed by atoms with Crippen molar-refractivity contribution in [3.05, 3.63) is 29.8 Å². The SMILES string of the molecule is C#CCOc1ccccc1CNCC(C)(C)CO. The molecular weight excluding hydrogens is 226 g/mol. The van der Waals surface area contributed by atoms with Crippen LogP contribution in [-0.4, -0.2) is 24.9 Å². The van der Waals surface area contributed by atoms with E-state index < -0.39 is 0 Å². The van der Waals surface area contributed by atoms with E-state index in [1.165, 1.54) is 0 Å². The number of benzene rings is 1. The average Bonchev–Trinajstić information content (AvgIpc) is 2.37. The smallest absolute Gasteiger partial charge is 0.148 e. The molecule has 0 heterocycles. The molecule has 0 atom stereocenters. The molecule has 0 amide bonds. The van der Waals surface area contributed by atoms with E-state index in [0.717, 1.165) is 17.9 Å². The molecule has 18 heavy (non-hydrogen) atoms. The number of ether oxygens (including phenoxy) is 1. The van der Waals surface area contributed by atoms with Gasteiger partial charge in [0.2, 0.25) is 0 Å². The summed E-state index contributed by atoms with van der Waals surface area (Å²) in [6.45, 7) is 5.91. The summed E-state index contributed by atoms with van der Waals surface area (Å²) in [6, 6.07) is 7.81. The van der Waals surface area contributed by atoms with Crippen LogP contribution in [0.5, 0.6) is 5.75 Å². The molecule has 0 spiro atoms. The second-order valence-corrected chi connectivity index (χ2v) is 5.03. The van der Waals surface area contributed by atoms with Gasteiger partial charge in [0.15, 0.2) is 0 Å². The number of hydrogen-bond donors (Lipinski definition) is 2. The highest BCUT2D eigenvalue weighted by Crippen LogP contribution is 2.18. The van der Waals surface area contributed by atoms with Crippen molar-refractivity contribution in [3.63, 3.8) is 0 Å². The minimum atomic E-state index is -0.116. The molecule has 1 aromatic rings. The summed E-state index contributed by atoms with van der Waals surface area (Å²) >= 11 is 0. The molecule has 0 aliphatic carbocycles. The van der Waals surface area contributed by atoms with Crippen molar-refractivity contribution in [1.29, 1.82) is 0 Å². The fourth-order valence-corrected chi connectivity index (χ4v) is 1.50. The summed E-state index contributed by atoms with van der Waals surface area (Å²) in [5.74, 6) is 3.27. The van der Waals surface area contributed by atoms with E-state index in [9.17, 15) is 5.11 Å². The lowest BCUT2D eigenvalue weighted by molar-refractivity contribution is 0.156. The molecule has 3 nitrogen and oxygen atoms in total. The molecule has 0 aliphatic rings. The number of terminal acetylenes is 1. The summed E-state index contributed by atoms with van der Waals surface area (Å²) < 4.78 is 5.47. The third-order valence-electron chi connectivity index (χ3n) is 2.63. The van der Waals surface area contributed by atoms with Crippen LogP contribution >= 0.6 is 0 Å². The van der Waals surface area contributed by atoms with Gasteiger partial charge in [0.25, 0.3) is 0 Å². The molecule has 0 unspecified atom stereocenters. The van der Waals surface area contributed by atoms with Crippen LogP contribution in [0.25, 0.3) is 0 Å². The first-order valence-corrected chi connectivity index (χ1v) is 6.05. The lowest BCUT2D eigenvalue weighted by Crippen LogP contribution is -2.31. The molecule has 0 bridgehead atoms. The fraction of sp³-hybridized carbons (Fsp3) is 0.467. The summed E-state index contributed by atoms with van der Waals surface area (Å²) in [5, 5.41) is 12.5. The van der Waals surface area contributed by atoms with E-state index >= 15 is 0 Å². The maximum atomic E-state index is 9.18. The first-order valence-electron chi connectivity index (χ1n) is 6.05. The number of para-hydroxylation sites is 1. The van der Waals surface area contributed by atoms with Crippen molar-refractivity contribution >= 4 is 0 Å². The van der Waals surface area contributed by atoms with Crippen molar-refractivity contribution in [2.75, 3.05) is 19.8 Å². The van der Waals surface area contributed by atoms with Crippen molar-refractivity contribution < 1.29 is 9.84 Å². The van der Waals surface area contributed by atoms with Gasteiger partial charge in [-0.1, -0.05) is 38.0 Å². The van der Waals surface area contributed by atoms with Gasteiger partial charge in [-0.25, -0.2) is 0 Å². The summed E-state index contributed by atoms with van der Waals surface area (Å²) in [6.07, 6.45) is 5.18. The zero-order valence-corrected chi connectivity index (χ0v) is 11.1. The fourth-order valence-electron chi connectivity index (χ4n) is 1.50. The Labute approximate surface area is 109 Å². The normalized spacial score (nSPS) is 11.0. The second kappa shape index (κ2) is 7.05. The first-order chi connectivity index (χ1) is 8.59. The van der Waals surface area contributed by atoms with E-state index in [4.69, 9.17) is 11.2 Å². The van der Waals surface area contributed by atoms with Gasteiger partial charge in [-0.05, 0) is 6.07 Å². The quantitative estimate of drug-likeness (QED) is 0.722. The van der Waals surface area contributed by atoms with Gasteiger partial charge in [0.05, 0.1) is 0 Å². The van der Waals surface area contributed by atoms with Crippen LogP contribution in [0.2, 0.25) is 0 Å². The van der Waals surface area contributed by atoms with E-state index in [1.54, 1.807) is 0 Å². The van der Waals surface area contributed by atoms with Gasteiger partial charge in [0, 0.05) is 30.7 Å². The largest absolute Gasteiger partial charge is 0.481 e. The predicted octanol–water partition coefficient (Wildman–Crippen LogP) is 1.81. The average molecular weight is 247 g/mol. The third kappa shape index (κ3) is 4.79. The summed E-state index contributed by atoms with van der Waals surface area (Å²) in [4.78, 5) is 0. The minimum Gasteiger partial charge on any atom is -0.481 e. The summed E-state index contributed by atoms with van der Waals surface area (Å²) in [7, 11) is 0. The Hall–Kier alpha value is -1.50. The van der Waals surface area contributed by atoms with Crippen LogP contribution in [0, 0.1) is 17.8 Å². The van der Waals surface area contributed by atoms with E-state index in [1.807, 2.05) is 38.1 Å². The van der Waals surface area contributed by atoms with Crippen molar-refractivity contribution in [3.8, 4) is 18.1 Å². The molecule has 1 aromatic carbocycles. The molecular formula is C15H21NO2. The van der Waals surface area contributed by atoms with Crippen LogP contribution < -0.4 is 10.1 Å². The monoisotopic (exact) mass is 247 g/mol. The number of hydrogen-bond acceptors (Lipinski definition) is 3. The highest BCUT2D eigenvalue weighted by atomic mass is 16.5. The molecule has 0 aromatic heterocycles. The third-order valence-corrected chi connectivity index (χ3v) is 2.63. The molecule has 3 heteroatoms. The molecule has 1 rings (SSSR count). The molecule has 2 N–H and O–H groups in total. The predicted molar refractivity (Wildman–Crippen MR) is 73.3 cm³/mol. The molecule has 0 radical (unpaired) electrons. The highest BCUT2D eigenvalue weighted by molar-refractivity contribution is 5.33. The van der Waals surface area contributed by atoms with Crippen LogP contribution in [0.4, 0.5) is 0 Å². The number of rotatable bonds is 7. The lowest BCUT2D eigenvalue weighted by Gasteiger charge is -2.22. The van der Waals surface area contributed by atoms with E-state index in [2.05, 4.69) is 11.2 Å². The Morgan fingerprint density at radius 1 is 1.39 bits per heavy atom. The Balaban J connectivity index is 2.54. The van der Waals surface area contributed by atoms with Gasteiger partial charge in [-0.3, -0.25) is 0 Å². The van der Waals surface area contributed by atoms with Crippen LogP contribution in [0.15, 0.2) is 24.3 Å². The Morgan fingerprint density at radius 2 is 2.11 bits per heavy atom. The maximum Gasteiger partial charge on any atom is 0.148 e. The number of aliphatic hydroxyl groups is 1. The van der Waals surface area contributed by atoms with Gasteiger partial charge in [-0.15, -0.1) is 6.42 Å². The molecule has 98 valence electrons. The Kier molecular flexibility index (Phi) is 5.70. The number of nitrogens with one attached hydrogen (secondary N) is 1. The molecule has 0 saturated heterocycles. The molecule has 0 fully saturated rings. The minimum absolute atomic E-state index is 0.116.